The Bertz CT molecular complexity index is 1200. The molecule has 25 heavy (non-hydrogen) atoms. The van der Waals surface area contributed by atoms with Crippen LogP contribution < -0.4 is 5.56 Å². The summed E-state index contributed by atoms with van der Waals surface area (Å²) in [6.07, 6.45) is 0.821. The van der Waals surface area contributed by atoms with Crippen molar-refractivity contribution in [3.05, 3.63) is 55.9 Å². The third-order valence-corrected chi connectivity index (χ3v) is 6.61. The van der Waals surface area contributed by atoms with Crippen molar-refractivity contribution in [3.63, 3.8) is 0 Å². The summed E-state index contributed by atoms with van der Waals surface area (Å²) < 4.78 is 2.93. The Morgan fingerprint density at radius 1 is 1.24 bits per heavy atom. The molecular weight excluding hydrogens is 400 g/mol. The molecule has 5 nitrogen and oxygen atoms in total. The van der Waals surface area contributed by atoms with E-state index >= 15 is 0 Å². The first-order chi connectivity index (χ1) is 12.0. The summed E-state index contributed by atoms with van der Waals surface area (Å²) in [5.41, 5.74) is 4.26. The van der Waals surface area contributed by atoms with Crippen LogP contribution in [0, 0.1) is 13.8 Å². The van der Waals surface area contributed by atoms with Crippen LogP contribution in [-0.4, -0.2) is 20.0 Å². The maximum Gasteiger partial charge on any atom is 0.292 e. The summed E-state index contributed by atoms with van der Waals surface area (Å²) in [7, 11) is 0. The smallest absolute Gasteiger partial charge is 0.266 e. The van der Waals surface area contributed by atoms with Gasteiger partial charge in [-0.2, -0.15) is 4.68 Å². The van der Waals surface area contributed by atoms with Crippen LogP contribution in [0.1, 0.15) is 23.7 Å². The predicted octanol–water partition coefficient (Wildman–Crippen LogP) is 4.33. The molecule has 0 fully saturated rings. The zero-order valence-electron chi connectivity index (χ0n) is 14.0. The molecule has 0 saturated carbocycles. The number of nitrogens with zero attached hydrogens (tertiary/aromatic N) is 4. The molecule has 7 heteroatoms. The standard InChI is InChI=1S/C18H15BrN4OS/c1-4-11-7-5-6-8-12(11)23-18(24)16-15(21-22-23)13-9(2)14(19)10(3)20-17(13)25-16/h5-8H,4H2,1-3H3. The van der Waals surface area contributed by atoms with E-state index in [1.54, 1.807) is 0 Å². The first-order valence-corrected chi connectivity index (χ1v) is 9.57. The number of benzene rings is 1. The quantitative estimate of drug-likeness (QED) is 0.489. The first kappa shape index (κ1) is 16.4. The molecule has 3 aromatic heterocycles. The lowest BCUT2D eigenvalue weighted by Gasteiger charge is -2.08. The van der Waals surface area contributed by atoms with E-state index in [2.05, 4.69) is 38.1 Å². The third-order valence-electron chi connectivity index (χ3n) is 4.38. The largest absolute Gasteiger partial charge is 0.292 e. The number of hydrogen-bond acceptors (Lipinski definition) is 5. The predicted molar refractivity (Wildman–Crippen MR) is 105 cm³/mol. The van der Waals surface area contributed by atoms with Crippen molar-refractivity contribution >= 4 is 47.7 Å². The minimum Gasteiger partial charge on any atom is -0.266 e. The number of hydrogen-bond donors (Lipinski definition) is 0. The second kappa shape index (κ2) is 6.00. The van der Waals surface area contributed by atoms with Crippen LogP contribution in [0.4, 0.5) is 0 Å². The van der Waals surface area contributed by atoms with Crippen LogP contribution in [0.25, 0.3) is 26.1 Å². The van der Waals surface area contributed by atoms with E-state index in [4.69, 9.17) is 0 Å². The van der Waals surface area contributed by atoms with Gasteiger partial charge in [-0.3, -0.25) is 4.79 Å². The average molecular weight is 415 g/mol. The monoisotopic (exact) mass is 414 g/mol. The number of aromatic nitrogens is 4. The van der Waals surface area contributed by atoms with Crippen molar-refractivity contribution in [3.8, 4) is 5.69 Å². The second-order valence-corrected chi connectivity index (χ2v) is 7.68. The van der Waals surface area contributed by atoms with E-state index in [0.717, 1.165) is 43.6 Å². The highest BCUT2D eigenvalue weighted by atomic mass is 79.9. The molecule has 0 amide bonds. The molecule has 0 aliphatic carbocycles. The van der Waals surface area contributed by atoms with E-state index in [0.29, 0.717) is 10.2 Å². The number of para-hydroxylation sites is 1. The minimum absolute atomic E-state index is 0.151. The van der Waals surface area contributed by atoms with Gasteiger partial charge in [-0.15, -0.1) is 16.4 Å². The van der Waals surface area contributed by atoms with Gasteiger partial charge < -0.3 is 0 Å². The fraction of sp³-hybridized carbons (Fsp3) is 0.222. The van der Waals surface area contributed by atoms with E-state index in [9.17, 15) is 4.79 Å². The Kier molecular flexibility index (Phi) is 3.92. The molecule has 126 valence electrons. The SMILES string of the molecule is CCc1ccccc1-n1nnc2c(sc3nc(C)c(Br)c(C)c32)c1=O. The highest BCUT2D eigenvalue weighted by molar-refractivity contribution is 9.10. The zero-order valence-corrected chi connectivity index (χ0v) is 16.4. The van der Waals surface area contributed by atoms with Crippen LogP contribution in [0.5, 0.6) is 0 Å². The Labute approximate surface area is 156 Å². The normalized spacial score (nSPS) is 11.5. The van der Waals surface area contributed by atoms with Crippen LogP contribution in [0.2, 0.25) is 0 Å². The molecule has 3 heterocycles. The Hall–Kier alpha value is -2.12. The van der Waals surface area contributed by atoms with Gasteiger partial charge >= 0.3 is 0 Å². The maximum atomic E-state index is 13.1. The molecule has 0 aliphatic rings. The summed E-state index contributed by atoms with van der Waals surface area (Å²) >= 11 is 4.95. The number of pyridine rings is 1. The number of thiophene rings is 1. The van der Waals surface area contributed by atoms with Crippen LogP contribution in [-0.2, 0) is 6.42 Å². The van der Waals surface area contributed by atoms with Crippen LogP contribution in [0.3, 0.4) is 0 Å². The molecule has 0 unspecified atom stereocenters. The highest BCUT2D eigenvalue weighted by Gasteiger charge is 2.19. The number of fused-ring (bicyclic) bond motifs is 3. The summed E-state index contributed by atoms with van der Waals surface area (Å²) in [6, 6.07) is 7.78. The van der Waals surface area contributed by atoms with Crippen molar-refractivity contribution in [2.24, 2.45) is 0 Å². The molecule has 0 bridgehead atoms. The van der Waals surface area contributed by atoms with E-state index in [-0.39, 0.29) is 5.56 Å². The third kappa shape index (κ3) is 2.41. The second-order valence-electron chi connectivity index (χ2n) is 5.88. The lowest BCUT2D eigenvalue weighted by molar-refractivity contribution is 0.733. The fourth-order valence-electron chi connectivity index (χ4n) is 3.05. The van der Waals surface area contributed by atoms with Crippen molar-refractivity contribution in [1.29, 1.82) is 0 Å². The van der Waals surface area contributed by atoms with Crippen molar-refractivity contribution in [1.82, 2.24) is 20.0 Å². The summed E-state index contributed by atoms with van der Waals surface area (Å²) in [5.74, 6) is 0. The average Bonchev–Trinajstić information content (AvgIpc) is 2.99. The fourth-order valence-corrected chi connectivity index (χ4v) is 4.48. The van der Waals surface area contributed by atoms with E-state index in [1.807, 2.05) is 38.1 Å². The molecule has 0 saturated heterocycles. The van der Waals surface area contributed by atoms with Gasteiger partial charge in [-0.25, -0.2) is 4.98 Å². The van der Waals surface area contributed by atoms with E-state index in [1.165, 1.54) is 16.0 Å². The van der Waals surface area contributed by atoms with Gasteiger partial charge in [-0.1, -0.05) is 30.3 Å². The maximum absolute atomic E-state index is 13.1. The molecule has 0 atom stereocenters. The molecule has 0 radical (unpaired) electrons. The van der Waals surface area contributed by atoms with Crippen molar-refractivity contribution in [2.75, 3.05) is 0 Å². The highest BCUT2D eigenvalue weighted by Crippen LogP contribution is 2.35. The molecule has 0 spiro atoms. The van der Waals surface area contributed by atoms with Gasteiger partial charge in [0.05, 0.1) is 11.4 Å². The molecule has 1 aromatic carbocycles. The Morgan fingerprint density at radius 2 is 2.00 bits per heavy atom. The summed E-state index contributed by atoms with van der Waals surface area (Å²) in [6.45, 7) is 6.01. The van der Waals surface area contributed by atoms with Gasteiger partial charge in [0, 0.05) is 9.86 Å². The number of rotatable bonds is 2. The first-order valence-electron chi connectivity index (χ1n) is 7.96. The lowest BCUT2D eigenvalue weighted by Crippen LogP contribution is -2.22. The molecule has 0 aliphatic heterocycles. The lowest BCUT2D eigenvalue weighted by atomic mass is 10.1. The van der Waals surface area contributed by atoms with Crippen LogP contribution >= 0.6 is 27.3 Å². The van der Waals surface area contributed by atoms with Crippen molar-refractivity contribution < 1.29 is 0 Å². The molecule has 4 aromatic rings. The molecular formula is C18H15BrN4OS. The number of aryl methyl sites for hydroxylation is 3. The van der Waals surface area contributed by atoms with Gasteiger partial charge in [0.2, 0.25) is 0 Å². The number of halogens is 1. The van der Waals surface area contributed by atoms with Gasteiger partial charge in [-0.05, 0) is 53.4 Å². The Balaban J connectivity index is 2.09. The summed E-state index contributed by atoms with van der Waals surface area (Å²) in [4.78, 5) is 18.5. The minimum atomic E-state index is -0.151. The molecule has 0 N–H and O–H groups in total. The van der Waals surface area contributed by atoms with Crippen molar-refractivity contribution in [2.45, 2.75) is 27.2 Å². The molecule has 4 rings (SSSR count). The van der Waals surface area contributed by atoms with Gasteiger partial charge in [0.25, 0.3) is 5.56 Å². The Morgan fingerprint density at radius 3 is 2.76 bits per heavy atom. The van der Waals surface area contributed by atoms with Gasteiger partial charge in [0.15, 0.2) is 0 Å². The summed E-state index contributed by atoms with van der Waals surface area (Å²) in [5, 5.41) is 9.50. The van der Waals surface area contributed by atoms with Crippen LogP contribution in [0.15, 0.2) is 33.5 Å². The topological polar surface area (TPSA) is 60.7 Å². The van der Waals surface area contributed by atoms with Gasteiger partial charge in [0.1, 0.15) is 15.0 Å². The zero-order chi connectivity index (χ0) is 17.7. The van der Waals surface area contributed by atoms with E-state index < -0.39 is 0 Å².